The molecule has 0 amide bonds. The third kappa shape index (κ3) is 4.98. The standard InChI is InChI=1S/C14H20F4N2/c1-9(2)7-5-3-4-6-8-19-12-10(15)13(17)20-14(18)11(12)16/h9H,3-8H2,1-2H3,(H,19,20). The molecule has 0 fully saturated rings. The molecule has 1 rings (SSSR count). The van der Waals surface area contributed by atoms with Crippen LogP contribution in [0.2, 0.25) is 0 Å². The van der Waals surface area contributed by atoms with Gasteiger partial charge in [-0.05, 0) is 12.3 Å². The average molecular weight is 292 g/mol. The second-order valence-corrected chi connectivity index (χ2v) is 5.22. The molecule has 0 saturated carbocycles. The molecular weight excluding hydrogens is 272 g/mol. The monoisotopic (exact) mass is 292 g/mol. The minimum absolute atomic E-state index is 0.262. The molecule has 1 heterocycles. The summed E-state index contributed by atoms with van der Waals surface area (Å²) in [6.07, 6.45) is 4.88. The van der Waals surface area contributed by atoms with E-state index in [9.17, 15) is 17.6 Å². The van der Waals surface area contributed by atoms with Crippen molar-refractivity contribution in [2.24, 2.45) is 5.92 Å². The Hall–Kier alpha value is -1.33. The molecule has 1 N–H and O–H groups in total. The molecule has 2 nitrogen and oxygen atoms in total. The summed E-state index contributed by atoms with van der Waals surface area (Å²) in [5.41, 5.74) is -0.780. The van der Waals surface area contributed by atoms with Crippen LogP contribution >= 0.6 is 0 Å². The van der Waals surface area contributed by atoms with Gasteiger partial charge in [-0.2, -0.15) is 22.5 Å². The van der Waals surface area contributed by atoms with Gasteiger partial charge in [-0.25, -0.2) is 0 Å². The highest BCUT2D eigenvalue weighted by molar-refractivity contribution is 5.45. The van der Waals surface area contributed by atoms with Gasteiger partial charge in [-0.1, -0.05) is 39.5 Å². The van der Waals surface area contributed by atoms with Crippen LogP contribution in [-0.2, 0) is 0 Å². The Kier molecular flexibility index (Phi) is 6.75. The first-order valence-corrected chi connectivity index (χ1v) is 6.87. The van der Waals surface area contributed by atoms with E-state index in [-0.39, 0.29) is 6.54 Å². The van der Waals surface area contributed by atoms with E-state index in [1.54, 1.807) is 0 Å². The fourth-order valence-corrected chi connectivity index (χ4v) is 1.89. The van der Waals surface area contributed by atoms with Crippen LogP contribution in [0.25, 0.3) is 0 Å². The van der Waals surface area contributed by atoms with Gasteiger partial charge in [0.25, 0.3) is 11.9 Å². The van der Waals surface area contributed by atoms with Crippen molar-refractivity contribution in [2.75, 3.05) is 11.9 Å². The number of nitrogens with zero attached hydrogens (tertiary/aromatic N) is 1. The summed E-state index contributed by atoms with van der Waals surface area (Å²) in [6.45, 7) is 4.57. The van der Waals surface area contributed by atoms with Crippen molar-refractivity contribution in [3.63, 3.8) is 0 Å². The third-order valence-corrected chi connectivity index (χ3v) is 3.01. The average Bonchev–Trinajstić information content (AvgIpc) is 2.38. The predicted octanol–water partition coefficient (Wildman–Crippen LogP) is 4.66. The fourth-order valence-electron chi connectivity index (χ4n) is 1.89. The molecule has 6 heteroatoms. The molecule has 114 valence electrons. The quantitative estimate of drug-likeness (QED) is 0.428. The maximum atomic E-state index is 13.3. The van der Waals surface area contributed by atoms with Crippen LogP contribution in [0.3, 0.4) is 0 Å². The van der Waals surface area contributed by atoms with Crippen LogP contribution in [0, 0.1) is 29.4 Å². The summed E-state index contributed by atoms with van der Waals surface area (Å²) in [4.78, 5) is 2.50. The number of rotatable bonds is 8. The molecule has 0 aromatic carbocycles. The largest absolute Gasteiger partial charge is 0.380 e. The zero-order valence-corrected chi connectivity index (χ0v) is 11.8. The number of hydrogen-bond acceptors (Lipinski definition) is 2. The van der Waals surface area contributed by atoms with Gasteiger partial charge in [0.1, 0.15) is 5.69 Å². The molecule has 0 spiro atoms. The van der Waals surface area contributed by atoms with E-state index in [1.807, 2.05) is 0 Å². The SMILES string of the molecule is CC(C)CCCCCCNc1c(F)c(F)nc(F)c1F. The van der Waals surface area contributed by atoms with Crippen LogP contribution in [0.15, 0.2) is 0 Å². The summed E-state index contributed by atoms with van der Waals surface area (Å²) in [6, 6.07) is 0. The minimum atomic E-state index is -1.64. The van der Waals surface area contributed by atoms with Gasteiger partial charge in [0, 0.05) is 6.54 Å². The van der Waals surface area contributed by atoms with Gasteiger partial charge >= 0.3 is 0 Å². The molecule has 0 radical (unpaired) electrons. The van der Waals surface area contributed by atoms with Gasteiger partial charge in [-0.3, -0.25) is 0 Å². The van der Waals surface area contributed by atoms with Gasteiger partial charge in [0.15, 0.2) is 0 Å². The molecule has 0 bridgehead atoms. The maximum absolute atomic E-state index is 13.3. The summed E-state index contributed by atoms with van der Waals surface area (Å²) in [5.74, 6) is -5.57. The number of aromatic nitrogens is 1. The summed E-state index contributed by atoms with van der Waals surface area (Å²) < 4.78 is 52.2. The van der Waals surface area contributed by atoms with E-state index in [0.29, 0.717) is 12.3 Å². The summed E-state index contributed by atoms with van der Waals surface area (Å²) >= 11 is 0. The molecule has 0 aliphatic heterocycles. The minimum Gasteiger partial charge on any atom is -0.380 e. The Labute approximate surface area is 116 Å². The Bertz CT molecular complexity index is 409. The van der Waals surface area contributed by atoms with E-state index in [2.05, 4.69) is 24.1 Å². The van der Waals surface area contributed by atoms with Gasteiger partial charge in [0.05, 0.1) is 0 Å². The van der Waals surface area contributed by atoms with Crippen molar-refractivity contribution in [3.8, 4) is 0 Å². The maximum Gasteiger partial charge on any atom is 0.253 e. The Morgan fingerprint density at radius 1 is 0.900 bits per heavy atom. The lowest BCUT2D eigenvalue weighted by Gasteiger charge is -2.09. The van der Waals surface area contributed by atoms with Gasteiger partial charge < -0.3 is 5.32 Å². The second-order valence-electron chi connectivity index (χ2n) is 5.22. The number of anilines is 1. The van der Waals surface area contributed by atoms with Crippen molar-refractivity contribution >= 4 is 5.69 Å². The zero-order chi connectivity index (χ0) is 15.1. The second kappa shape index (κ2) is 8.07. The Balaban J connectivity index is 2.36. The molecule has 0 aliphatic rings. The smallest absolute Gasteiger partial charge is 0.253 e. The molecule has 0 saturated heterocycles. The fraction of sp³-hybridized carbons (Fsp3) is 0.643. The van der Waals surface area contributed by atoms with E-state index < -0.39 is 29.2 Å². The zero-order valence-electron chi connectivity index (χ0n) is 11.8. The molecule has 1 aromatic heterocycles. The Morgan fingerprint density at radius 2 is 1.45 bits per heavy atom. The molecule has 0 aliphatic carbocycles. The lowest BCUT2D eigenvalue weighted by molar-refractivity contribution is 0.410. The summed E-state index contributed by atoms with van der Waals surface area (Å²) in [5, 5.41) is 2.39. The topological polar surface area (TPSA) is 24.9 Å². The number of pyridine rings is 1. The third-order valence-electron chi connectivity index (χ3n) is 3.01. The first kappa shape index (κ1) is 16.7. The van der Waals surface area contributed by atoms with E-state index in [4.69, 9.17) is 0 Å². The van der Waals surface area contributed by atoms with Crippen LogP contribution in [0.5, 0.6) is 0 Å². The predicted molar refractivity (Wildman–Crippen MR) is 70.5 cm³/mol. The van der Waals surface area contributed by atoms with Crippen molar-refractivity contribution in [3.05, 3.63) is 23.5 Å². The van der Waals surface area contributed by atoms with Crippen LogP contribution in [0.1, 0.15) is 46.0 Å². The van der Waals surface area contributed by atoms with Crippen LogP contribution in [0.4, 0.5) is 23.2 Å². The molecule has 20 heavy (non-hydrogen) atoms. The number of nitrogens with one attached hydrogen (secondary N) is 1. The van der Waals surface area contributed by atoms with E-state index in [1.165, 1.54) is 0 Å². The molecule has 0 atom stereocenters. The number of hydrogen-bond donors (Lipinski definition) is 1. The Morgan fingerprint density at radius 3 is 2.00 bits per heavy atom. The lowest BCUT2D eigenvalue weighted by atomic mass is 10.0. The normalized spacial score (nSPS) is 11.2. The van der Waals surface area contributed by atoms with Gasteiger partial charge in [-0.15, -0.1) is 0 Å². The first-order valence-electron chi connectivity index (χ1n) is 6.87. The van der Waals surface area contributed by atoms with Crippen molar-refractivity contribution in [1.82, 2.24) is 4.98 Å². The van der Waals surface area contributed by atoms with Crippen molar-refractivity contribution in [1.29, 1.82) is 0 Å². The van der Waals surface area contributed by atoms with E-state index in [0.717, 1.165) is 25.7 Å². The highest BCUT2D eigenvalue weighted by Gasteiger charge is 2.20. The number of unbranched alkanes of at least 4 members (excludes halogenated alkanes) is 3. The molecular formula is C14H20F4N2. The lowest BCUT2D eigenvalue weighted by Crippen LogP contribution is -2.10. The van der Waals surface area contributed by atoms with Crippen LogP contribution in [-0.4, -0.2) is 11.5 Å². The highest BCUT2D eigenvalue weighted by atomic mass is 19.2. The van der Waals surface area contributed by atoms with E-state index >= 15 is 0 Å². The number of halogens is 4. The van der Waals surface area contributed by atoms with Crippen molar-refractivity contribution < 1.29 is 17.6 Å². The molecule has 1 aromatic rings. The van der Waals surface area contributed by atoms with Gasteiger partial charge in [0.2, 0.25) is 11.6 Å². The first-order chi connectivity index (χ1) is 9.43. The van der Waals surface area contributed by atoms with Crippen LogP contribution < -0.4 is 5.32 Å². The molecule has 0 unspecified atom stereocenters. The van der Waals surface area contributed by atoms with Crippen molar-refractivity contribution in [2.45, 2.75) is 46.0 Å². The highest BCUT2D eigenvalue weighted by Crippen LogP contribution is 2.22. The summed E-state index contributed by atoms with van der Waals surface area (Å²) in [7, 11) is 0.